The van der Waals surface area contributed by atoms with E-state index in [1.54, 1.807) is 11.2 Å². The standard InChI is InChI=1S/C31H33N7O3/c1-19-13-21(8-11-26(19)40-22-9-10-25-24(14-22)35-18-36(25)5)38-16-23(27-28(32)33-17-34-29(27)38)20-7-6-12-37(15-20)30(39)41-31(2,3)4/h7-11,13-14,16-18H,6,12,15H2,1-5H3,(H2,32,33,34). The summed E-state index contributed by atoms with van der Waals surface area (Å²) in [5.41, 5.74) is 12.2. The van der Waals surface area contributed by atoms with E-state index in [9.17, 15) is 4.79 Å². The highest BCUT2D eigenvalue weighted by Gasteiger charge is 2.27. The average Bonchev–Trinajstić information content (AvgIpc) is 3.50. The number of hydrogen-bond donors (Lipinski definition) is 1. The van der Waals surface area contributed by atoms with Crippen molar-refractivity contribution in [3.05, 3.63) is 72.5 Å². The molecule has 1 amide bonds. The second kappa shape index (κ2) is 9.96. The zero-order valence-electron chi connectivity index (χ0n) is 23.9. The minimum Gasteiger partial charge on any atom is -0.457 e. The number of amides is 1. The third kappa shape index (κ3) is 5.08. The molecule has 1 aliphatic heterocycles. The highest BCUT2D eigenvalue weighted by molar-refractivity contribution is 5.99. The SMILES string of the molecule is Cc1cc(-n2cc(C3=CCCN(C(=O)OC(C)(C)C)C3)c3c(N)ncnc32)ccc1Oc1ccc2c(c1)ncn2C. The summed E-state index contributed by atoms with van der Waals surface area (Å²) in [4.78, 5) is 27.8. The summed E-state index contributed by atoms with van der Waals surface area (Å²) in [6.07, 6.45) is 7.81. The molecule has 1 aliphatic rings. The van der Waals surface area contributed by atoms with Crippen molar-refractivity contribution < 1.29 is 14.3 Å². The van der Waals surface area contributed by atoms with E-state index in [1.165, 1.54) is 6.33 Å². The van der Waals surface area contributed by atoms with E-state index in [1.807, 2.05) is 80.4 Å². The molecular formula is C31H33N7O3. The first-order chi connectivity index (χ1) is 19.6. The number of anilines is 1. The summed E-state index contributed by atoms with van der Waals surface area (Å²) in [6, 6.07) is 11.9. The van der Waals surface area contributed by atoms with E-state index >= 15 is 0 Å². The van der Waals surface area contributed by atoms with Crippen molar-refractivity contribution in [1.82, 2.24) is 29.0 Å². The highest BCUT2D eigenvalue weighted by Crippen LogP contribution is 2.35. The number of aryl methyl sites for hydroxylation is 2. The van der Waals surface area contributed by atoms with Gasteiger partial charge < -0.3 is 29.2 Å². The normalized spacial score (nSPS) is 14.0. The van der Waals surface area contributed by atoms with E-state index in [-0.39, 0.29) is 6.09 Å². The molecule has 0 spiro atoms. The maximum Gasteiger partial charge on any atom is 0.410 e. The Kier molecular flexibility index (Phi) is 6.40. The lowest BCUT2D eigenvalue weighted by Crippen LogP contribution is -2.39. The molecule has 0 bridgehead atoms. The highest BCUT2D eigenvalue weighted by atomic mass is 16.6. The topological polar surface area (TPSA) is 113 Å². The number of nitrogens with two attached hydrogens (primary N) is 1. The van der Waals surface area contributed by atoms with Gasteiger partial charge in [0, 0.05) is 43.7 Å². The molecule has 0 saturated heterocycles. The van der Waals surface area contributed by atoms with E-state index in [0.29, 0.717) is 31.0 Å². The Balaban J connectivity index is 1.32. The van der Waals surface area contributed by atoms with Crippen LogP contribution in [0.25, 0.3) is 33.3 Å². The van der Waals surface area contributed by atoms with E-state index in [4.69, 9.17) is 15.2 Å². The van der Waals surface area contributed by atoms with Gasteiger partial charge in [-0.05, 0) is 75.6 Å². The fraction of sp³-hybridized carbons (Fsp3) is 0.290. The zero-order chi connectivity index (χ0) is 28.9. The van der Waals surface area contributed by atoms with Gasteiger partial charge in [-0.3, -0.25) is 0 Å². The van der Waals surface area contributed by atoms with E-state index in [0.717, 1.165) is 50.3 Å². The van der Waals surface area contributed by atoms with Crippen molar-refractivity contribution in [1.29, 1.82) is 0 Å². The fourth-order valence-corrected chi connectivity index (χ4v) is 5.15. The first-order valence-corrected chi connectivity index (χ1v) is 13.6. The van der Waals surface area contributed by atoms with Crippen molar-refractivity contribution in [2.45, 2.75) is 39.7 Å². The number of ether oxygens (including phenoxy) is 2. The maximum atomic E-state index is 12.8. The predicted octanol–water partition coefficient (Wildman–Crippen LogP) is 6.01. The maximum absolute atomic E-state index is 12.8. The van der Waals surface area contributed by atoms with Crippen molar-refractivity contribution >= 4 is 39.6 Å². The number of nitrogen functional groups attached to an aromatic ring is 1. The summed E-state index contributed by atoms with van der Waals surface area (Å²) in [5.74, 6) is 1.86. The van der Waals surface area contributed by atoms with Crippen LogP contribution < -0.4 is 10.5 Å². The molecule has 10 nitrogen and oxygen atoms in total. The van der Waals surface area contributed by atoms with Gasteiger partial charge in [-0.25, -0.2) is 19.7 Å². The number of benzene rings is 2. The van der Waals surface area contributed by atoms with Crippen LogP contribution in [0.5, 0.6) is 11.5 Å². The molecule has 2 N–H and O–H groups in total. The molecule has 0 unspecified atom stereocenters. The first-order valence-electron chi connectivity index (χ1n) is 13.6. The largest absolute Gasteiger partial charge is 0.457 e. The smallest absolute Gasteiger partial charge is 0.410 e. The van der Waals surface area contributed by atoms with Gasteiger partial charge in [-0.1, -0.05) is 6.08 Å². The summed E-state index contributed by atoms with van der Waals surface area (Å²) in [5, 5.41) is 0.756. The number of rotatable bonds is 4. The molecule has 0 saturated carbocycles. The molecule has 3 aromatic heterocycles. The third-order valence-corrected chi connectivity index (χ3v) is 7.12. The first kappa shape index (κ1) is 26.4. The minimum atomic E-state index is -0.564. The molecule has 0 atom stereocenters. The second-order valence-electron chi connectivity index (χ2n) is 11.3. The second-order valence-corrected chi connectivity index (χ2v) is 11.3. The summed E-state index contributed by atoms with van der Waals surface area (Å²) < 4.78 is 15.8. The Morgan fingerprint density at radius 1 is 1.07 bits per heavy atom. The lowest BCUT2D eigenvalue weighted by atomic mass is 10.0. The van der Waals surface area contributed by atoms with Crippen LogP contribution in [0.2, 0.25) is 0 Å². The predicted molar refractivity (Wildman–Crippen MR) is 159 cm³/mol. The van der Waals surface area contributed by atoms with Gasteiger partial charge in [0.2, 0.25) is 0 Å². The number of fused-ring (bicyclic) bond motifs is 2. The molecule has 2 aromatic carbocycles. The van der Waals surface area contributed by atoms with Crippen LogP contribution in [0.15, 0.2) is 61.3 Å². The van der Waals surface area contributed by atoms with Gasteiger partial charge in [0.05, 0.1) is 22.7 Å². The number of imidazole rings is 1. The van der Waals surface area contributed by atoms with Crippen LogP contribution in [0.4, 0.5) is 10.6 Å². The number of aromatic nitrogens is 5. The van der Waals surface area contributed by atoms with Crippen LogP contribution in [0.3, 0.4) is 0 Å². The van der Waals surface area contributed by atoms with Gasteiger partial charge in [0.15, 0.2) is 5.65 Å². The van der Waals surface area contributed by atoms with E-state index in [2.05, 4.69) is 27.1 Å². The monoisotopic (exact) mass is 551 g/mol. The molecule has 10 heteroatoms. The number of nitrogens with zero attached hydrogens (tertiary/aromatic N) is 6. The number of carbonyl (C=O) groups excluding carboxylic acids is 1. The lowest BCUT2D eigenvalue weighted by molar-refractivity contribution is 0.0273. The molecule has 0 aliphatic carbocycles. The zero-order valence-corrected chi connectivity index (χ0v) is 23.9. The minimum absolute atomic E-state index is 0.329. The Bertz CT molecular complexity index is 1830. The number of hydrogen-bond acceptors (Lipinski definition) is 7. The fourth-order valence-electron chi connectivity index (χ4n) is 5.15. The molecule has 41 heavy (non-hydrogen) atoms. The van der Waals surface area contributed by atoms with Crippen LogP contribution in [-0.4, -0.2) is 53.8 Å². The van der Waals surface area contributed by atoms with Crippen molar-refractivity contribution in [2.75, 3.05) is 18.8 Å². The Labute approximate surface area is 238 Å². The van der Waals surface area contributed by atoms with E-state index < -0.39 is 5.60 Å². The summed E-state index contributed by atoms with van der Waals surface area (Å²) in [6.45, 7) is 8.62. The van der Waals surface area contributed by atoms with Gasteiger partial charge in [-0.15, -0.1) is 0 Å². The van der Waals surface area contributed by atoms with Crippen LogP contribution in [-0.2, 0) is 11.8 Å². The molecular weight excluding hydrogens is 518 g/mol. The Morgan fingerprint density at radius 3 is 2.68 bits per heavy atom. The van der Waals surface area contributed by atoms with Gasteiger partial charge in [0.25, 0.3) is 0 Å². The molecule has 0 radical (unpaired) electrons. The van der Waals surface area contributed by atoms with Crippen LogP contribution in [0.1, 0.15) is 38.3 Å². The Morgan fingerprint density at radius 2 is 1.90 bits per heavy atom. The summed E-state index contributed by atoms with van der Waals surface area (Å²) in [7, 11) is 1.97. The third-order valence-electron chi connectivity index (χ3n) is 7.12. The molecule has 0 fully saturated rings. The number of carbonyl (C=O) groups is 1. The van der Waals surface area contributed by atoms with Gasteiger partial charge >= 0.3 is 6.09 Å². The van der Waals surface area contributed by atoms with Crippen LogP contribution >= 0.6 is 0 Å². The quantitative estimate of drug-likeness (QED) is 0.291. The molecule has 4 heterocycles. The van der Waals surface area contributed by atoms with Gasteiger partial charge in [0.1, 0.15) is 29.2 Å². The van der Waals surface area contributed by atoms with Crippen molar-refractivity contribution in [3.63, 3.8) is 0 Å². The molecule has 6 rings (SSSR count). The lowest BCUT2D eigenvalue weighted by Gasteiger charge is -2.30. The molecule has 210 valence electrons. The molecule has 5 aromatic rings. The summed E-state index contributed by atoms with van der Waals surface area (Å²) >= 11 is 0. The average molecular weight is 552 g/mol. The van der Waals surface area contributed by atoms with Crippen molar-refractivity contribution in [3.8, 4) is 17.2 Å². The van der Waals surface area contributed by atoms with Crippen LogP contribution in [0, 0.1) is 6.92 Å². The van der Waals surface area contributed by atoms with Crippen molar-refractivity contribution in [2.24, 2.45) is 7.05 Å². The Hall–Kier alpha value is -4.86. The van der Waals surface area contributed by atoms with Gasteiger partial charge in [-0.2, -0.15) is 0 Å².